The predicted octanol–water partition coefficient (Wildman–Crippen LogP) is 3.23. The van der Waals surface area contributed by atoms with Crippen LogP contribution in [0.4, 0.5) is 0 Å². The standard InChI is InChI=1S/C20H24N4O3/c1-12(2)18-17(13(3)22-27-18)19(25)23-10-8-14(9-11-23)24-16-7-5-4-6-15(16)21-20(24)26/h4-7,12,14H,8-11H2,1-3H3,(H,21,26). The quantitative estimate of drug-likeness (QED) is 0.769. The van der Waals surface area contributed by atoms with Crippen molar-refractivity contribution in [3.63, 3.8) is 0 Å². The van der Waals surface area contributed by atoms with Crippen molar-refractivity contribution in [1.82, 2.24) is 19.6 Å². The van der Waals surface area contributed by atoms with Crippen LogP contribution in [0.5, 0.6) is 0 Å². The lowest BCUT2D eigenvalue weighted by atomic mass is 10.0. The fourth-order valence-electron chi connectivity index (χ4n) is 3.96. The van der Waals surface area contributed by atoms with Crippen molar-refractivity contribution in [2.45, 2.75) is 45.6 Å². The smallest absolute Gasteiger partial charge is 0.326 e. The van der Waals surface area contributed by atoms with Crippen LogP contribution in [0.1, 0.15) is 60.5 Å². The Labute approximate surface area is 157 Å². The first kappa shape index (κ1) is 17.6. The molecule has 2 aromatic heterocycles. The number of aromatic amines is 1. The third-order valence-electron chi connectivity index (χ3n) is 5.37. The average molecular weight is 368 g/mol. The number of piperidine rings is 1. The Hall–Kier alpha value is -2.83. The fourth-order valence-corrected chi connectivity index (χ4v) is 3.96. The SMILES string of the molecule is Cc1noc(C(C)C)c1C(=O)N1CCC(n2c(=O)[nH]c3ccccc32)CC1. The minimum absolute atomic E-state index is 0.0258. The maximum atomic E-state index is 13.0. The van der Waals surface area contributed by atoms with Crippen LogP contribution >= 0.6 is 0 Å². The molecule has 4 rings (SSSR count). The van der Waals surface area contributed by atoms with Crippen molar-refractivity contribution in [2.75, 3.05) is 13.1 Å². The molecule has 1 aliphatic rings. The Morgan fingerprint density at radius 2 is 1.96 bits per heavy atom. The van der Waals surface area contributed by atoms with Crippen LogP contribution < -0.4 is 5.69 Å². The number of para-hydroxylation sites is 2. The molecule has 0 aliphatic carbocycles. The van der Waals surface area contributed by atoms with Crippen LogP contribution in [0.3, 0.4) is 0 Å². The summed E-state index contributed by atoms with van der Waals surface area (Å²) in [4.78, 5) is 30.2. The zero-order valence-electron chi connectivity index (χ0n) is 15.9. The van der Waals surface area contributed by atoms with Crippen LogP contribution in [0.15, 0.2) is 33.6 Å². The second-order valence-corrected chi connectivity index (χ2v) is 7.50. The summed E-state index contributed by atoms with van der Waals surface area (Å²) >= 11 is 0. The van der Waals surface area contributed by atoms with E-state index < -0.39 is 0 Å². The number of nitrogens with one attached hydrogen (secondary N) is 1. The minimum Gasteiger partial charge on any atom is -0.360 e. The van der Waals surface area contributed by atoms with Crippen molar-refractivity contribution in [2.24, 2.45) is 0 Å². The molecule has 7 heteroatoms. The molecule has 0 saturated carbocycles. The molecule has 0 bridgehead atoms. The Morgan fingerprint density at radius 3 is 2.67 bits per heavy atom. The molecule has 1 fully saturated rings. The first-order valence-corrected chi connectivity index (χ1v) is 9.42. The highest BCUT2D eigenvalue weighted by Crippen LogP contribution is 2.28. The molecule has 142 valence electrons. The van der Waals surface area contributed by atoms with Crippen molar-refractivity contribution in [3.8, 4) is 0 Å². The number of aryl methyl sites for hydroxylation is 1. The molecule has 1 aliphatic heterocycles. The summed E-state index contributed by atoms with van der Waals surface area (Å²) in [6.45, 7) is 7.01. The third kappa shape index (κ3) is 2.97. The highest BCUT2D eigenvalue weighted by molar-refractivity contribution is 5.96. The average Bonchev–Trinajstić information content (AvgIpc) is 3.20. The number of benzene rings is 1. The van der Waals surface area contributed by atoms with Crippen LogP contribution in [0.25, 0.3) is 11.0 Å². The van der Waals surface area contributed by atoms with Gasteiger partial charge in [0.15, 0.2) is 5.76 Å². The van der Waals surface area contributed by atoms with E-state index in [-0.39, 0.29) is 23.6 Å². The van der Waals surface area contributed by atoms with Gasteiger partial charge in [-0.1, -0.05) is 31.1 Å². The number of carbonyl (C=O) groups is 1. The summed E-state index contributed by atoms with van der Waals surface area (Å²) in [5.41, 5.74) is 2.91. The molecule has 0 spiro atoms. The van der Waals surface area contributed by atoms with E-state index in [0.717, 1.165) is 23.9 Å². The first-order valence-electron chi connectivity index (χ1n) is 9.42. The fraction of sp³-hybridized carbons (Fsp3) is 0.450. The number of amides is 1. The molecule has 0 unspecified atom stereocenters. The van der Waals surface area contributed by atoms with Crippen LogP contribution in [0.2, 0.25) is 0 Å². The van der Waals surface area contributed by atoms with Crippen molar-refractivity contribution >= 4 is 16.9 Å². The number of carbonyl (C=O) groups excluding carboxylic acids is 1. The van der Waals surface area contributed by atoms with Crippen molar-refractivity contribution in [3.05, 3.63) is 51.8 Å². The third-order valence-corrected chi connectivity index (χ3v) is 5.37. The Balaban J connectivity index is 1.54. The normalized spacial score (nSPS) is 15.8. The molecule has 7 nitrogen and oxygen atoms in total. The minimum atomic E-state index is -0.0852. The summed E-state index contributed by atoms with van der Waals surface area (Å²) in [6, 6.07) is 7.81. The van der Waals surface area contributed by atoms with E-state index >= 15 is 0 Å². The number of H-pyrrole nitrogens is 1. The summed E-state index contributed by atoms with van der Waals surface area (Å²) < 4.78 is 7.20. The van der Waals surface area contributed by atoms with Gasteiger partial charge in [-0.2, -0.15) is 0 Å². The monoisotopic (exact) mass is 368 g/mol. The number of aromatic nitrogens is 3. The molecule has 0 atom stereocenters. The second-order valence-electron chi connectivity index (χ2n) is 7.50. The molecule has 0 radical (unpaired) electrons. The zero-order valence-corrected chi connectivity index (χ0v) is 15.9. The molecule has 3 aromatic rings. The predicted molar refractivity (Wildman–Crippen MR) is 102 cm³/mol. The number of imidazole rings is 1. The van der Waals surface area contributed by atoms with Gasteiger partial charge in [0.1, 0.15) is 5.56 Å². The maximum Gasteiger partial charge on any atom is 0.326 e. The van der Waals surface area contributed by atoms with E-state index in [2.05, 4.69) is 10.1 Å². The van der Waals surface area contributed by atoms with Gasteiger partial charge in [-0.15, -0.1) is 0 Å². The highest BCUT2D eigenvalue weighted by Gasteiger charge is 2.30. The molecule has 1 amide bonds. The van der Waals surface area contributed by atoms with E-state index in [9.17, 15) is 9.59 Å². The summed E-state index contributed by atoms with van der Waals surface area (Å²) in [5, 5.41) is 3.98. The number of nitrogens with zero attached hydrogens (tertiary/aromatic N) is 3. The Bertz CT molecular complexity index is 1040. The van der Waals surface area contributed by atoms with Gasteiger partial charge in [-0.05, 0) is 31.9 Å². The number of likely N-dealkylation sites (tertiary alicyclic amines) is 1. The van der Waals surface area contributed by atoms with Crippen LogP contribution in [-0.4, -0.2) is 38.6 Å². The molecular weight excluding hydrogens is 344 g/mol. The van der Waals surface area contributed by atoms with Crippen molar-refractivity contribution in [1.29, 1.82) is 0 Å². The topological polar surface area (TPSA) is 84.1 Å². The lowest BCUT2D eigenvalue weighted by molar-refractivity contribution is 0.0691. The van der Waals surface area contributed by atoms with Gasteiger partial charge in [0.05, 0.1) is 16.7 Å². The van der Waals surface area contributed by atoms with E-state index in [0.29, 0.717) is 30.1 Å². The number of hydrogen-bond donors (Lipinski definition) is 1. The van der Waals surface area contributed by atoms with E-state index in [1.54, 1.807) is 6.92 Å². The largest absolute Gasteiger partial charge is 0.360 e. The van der Waals surface area contributed by atoms with E-state index in [1.165, 1.54) is 0 Å². The van der Waals surface area contributed by atoms with Gasteiger partial charge in [-0.25, -0.2) is 4.79 Å². The van der Waals surface area contributed by atoms with Gasteiger partial charge in [0, 0.05) is 25.0 Å². The molecule has 1 aromatic carbocycles. The van der Waals surface area contributed by atoms with Gasteiger partial charge < -0.3 is 14.4 Å². The van der Waals surface area contributed by atoms with Gasteiger partial charge >= 0.3 is 5.69 Å². The number of hydrogen-bond acceptors (Lipinski definition) is 4. The van der Waals surface area contributed by atoms with E-state index in [1.807, 2.05) is 47.6 Å². The maximum absolute atomic E-state index is 13.0. The van der Waals surface area contributed by atoms with Gasteiger partial charge in [0.25, 0.3) is 5.91 Å². The Morgan fingerprint density at radius 1 is 1.26 bits per heavy atom. The first-order chi connectivity index (χ1) is 13.0. The van der Waals surface area contributed by atoms with Gasteiger partial charge in [-0.3, -0.25) is 9.36 Å². The van der Waals surface area contributed by atoms with Crippen molar-refractivity contribution < 1.29 is 9.32 Å². The number of rotatable bonds is 3. The lowest BCUT2D eigenvalue weighted by Gasteiger charge is -2.32. The molecule has 1 N–H and O–H groups in total. The molecule has 27 heavy (non-hydrogen) atoms. The summed E-state index contributed by atoms with van der Waals surface area (Å²) in [7, 11) is 0. The highest BCUT2D eigenvalue weighted by atomic mass is 16.5. The van der Waals surface area contributed by atoms with E-state index in [4.69, 9.17) is 4.52 Å². The second kappa shape index (κ2) is 6.72. The molecule has 3 heterocycles. The zero-order chi connectivity index (χ0) is 19.1. The van der Waals surface area contributed by atoms with Gasteiger partial charge in [0.2, 0.25) is 0 Å². The molecule has 1 saturated heterocycles. The summed E-state index contributed by atoms with van der Waals surface area (Å²) in [6.07, 6.45) is 1.49. The number of fused-ring (bicyclic) bond motifs is 1. The molecular formula is C20H24N4O3. The summed E-state index contributed by atoms with van der Waals surface area (Å²) in [5.74, 6) is 0.724. The van der Waals surface area contributed by atoms with Crippen LogP contribution in [0, 0.1) is 6.92 Å². The van der Waals surface area contributed by atoms with Crippen LogP contribution in [-0.2, 0) is 0 Å². The Kier molecular flexibility index (Phi) is 4.37. The lowest BCUT2D eigenvalue weighted by Crippen LogP contribution is -2.40.